The zero-order chi connectivity index (χ0) is 55.3. The predicted octanol–water partition coefficient (Wildman–Crippen LogP) is 15.5. The van der Waals surface area contributed by atoms with E-state index in [9.17, 15) is 40.7 Å². The molecule has 0 unspecified atom stereocenters. The molecule has 1 atom stereocenters. The zero-order valence-electron chi connectivity index (χ0n) is 46.0. The minimum atomic E-state index is -4.46. The molecule has 17 heteroatoms. The van der Waals surface area contributed by atoms with Gasteiger partial charge < -0.3 is 29.2 Å². The van der Waals surface area contributed by atoms with Crippen LogP contribution in [0.4, 0.5) is 42.5 Å². The van der Waals surface area contributed by atoms with Crippen LogP contribution >= 0.6 is 12.4 Å². The van der Waals surface area contributed by atoms with Crippen LogP contribution in [0.25, 0.3) is 0 Å². The normalized spacial score (nSPS) is 16.4. The minimum Gasteiger partial charge on any atom is -0.489 e. The Bertz CT molecular complexity index is 2720. The van der Waals surface area contributed by atoms with Crippen LogP contribution in [0.1, 0.15) is 180 Å². The first kappa shape index (κ1) is 60.6. The number of carbonyl (C=O) groups excluding carboxylic acids is 3. The van der Waals surface area contributed by atoms with Crippen LogP contribution < -0.4 is 19.7 Å². The highest BCUT2D eigenvalue weighted by Crippen LogP contribution is 2.44. The third-order valence-corrected chi connectivity index (χ3v) is 14.8. The number of alkyl halides is 6. The maximum absolute atomic E-state index is 14.1. The molecular formula is C60H76ClF6N3O7. The van der Waals surface area contributed by atoms with Crippen LogP contribution in [0.3, 0.4) is 0 Å². The highest BCUT2D eigenvalue weighted by Gasteiger charge is 2.40. The number of amides is 2. The number of rotatable bonds is 12. The second-order valence-corrected chi connectivity index (χ2v) is 22.8. The number of benzene rings is 4. The summed E-state index contributed by atoms with van der Waals surface area (Å²) >= 11 is 0. The van der Waals surface area contributed by atoms with E-state index >= 15 is 0 Å². The minimum absolute atomic E-state index is 0. The monoisotopic (exact) mass is 1100 g/mol. The molecule has 0 saturated heterocycles. The molecule has 4 aromatic carbocycles. The van der Waals surface area contributed by atoms with E-state index in [-0.39, 0.29) is 43.9 Å². The maximum Gasteiger partial charge on any atom is 0.416 e. The number of hydrogen-bond acceptors (Lipinski definition) is 8. The van der Waals surface area contributed by atoms with E-state index in [2.05, 4.69) is 5.32 Å². The summed E-state index contributed by atoms with van der Waals surface area (Å²) in [5.41, 5.74) is 4.79. The Hall–Kier alpha value is -5.64. The standard InChI is InChI=1S/C37H49F3N2O6.C23H26F3NO.ClH/c1-23-26-18-19-42(33(44)30(21-32(43)47-35(2,3)4)41(8)34(45)48-36(5,6)7)29(26)16-17-31(23)46-22-24-14-15-27(25-12-10-9-11-13-25)28(20-24)37(38,39)40;1-15-18-11-12-27-21(18)9-10-22(15)28-14-16-7-8-19(17-5-3-2-4-6-17)20(13-16)23(24,25)26;/h14-17,20,25,30H,9-13,18-19,21-22H2,1-8H3;7-10,13,17,27H,2-6,11-12,14H2,1H3;1H/t30-;;/m0../s1. The van der Waals surface area contributed by atoms with Crippen molar-refractivity contribution in [2.24, 2.45) is 0 Å². The molecule has 2 amide bonds. The first-order chi connectivity index (χ1) is 35.7. The lowest BCUT2D eigenvalue weighted by molar-refractivity contribution is -0.157. The van der Waals surface area contributed by atoms with Gasteiger partial charge in [0.2, 0.25) is 0 Å². The predicted molar refractivity (Wildman–Crippen MR) is 289 cm³/mol. The molecule has 1 N–H and O–H groups in total. The summed E-state index contributed by atoms with van der Waals surface area (Å²) in [4.78, 5) is 42.6. The van der Waals surface area contributed by atoms with Gasteiger partial charge in [0.15, 0.2) is 0 Å². The Morgan fingerprint density at radius 2 is 1.13 bits per heavy atom. The number of carbonyl (C=O) groups is 3. The van der Waals surface area contributed by atoms with Crippen LogP contribution in [0.2, 0.25) is 0 Å². The van der Waals surface area contributed by atoms with Gasteiger partial charge >= 0.3 is 24.4 Å². The van der Waals surface area contributed by atoms with E-state index in [0.717, 1.165) is 110 Å². The Morgan fingerprint density at radius 3 is 1.61 bits per heavy atom. The van der Waals surface area contributed by atoms with Crippen LogP contribution in [0.5, 0.6) is 11.5 Å². The van der Waals surface area contributed by atoms with Gasteiger partial charge in [0.1, 0.15) is 42.0 Å². The van der Waals surface area contributed by atoms with Crippen molar-refractivity contribution in [3.8, 4) is 11.5 Å². The summed E-state index contributed by atoms with van der Waals surface area (Å²) in [5, 5.41) is 3.32. The lowest BCUT2D eigenvalue weighted by Gasteiger charge is -2.32. The zero-order valence-corrected chi connectivity index (χ0v) is 46.8. The summed E-state index contributed by atoms with van der Waals surface area (Å²) in [5.74, 6) is 0.0979. The topological polar surface area (TPSA) is 107 Å². The highest BCUT2D eigenvalue weighted by atomic mass is 35.5. The van der Waals surface area contributed by atoms with E-state index in [0.29, 0.717) is 46.7 Å². The molecule has 4 aliphatic rings. The lowest BCUT2D eigenvalue weighted by Crippen LogP contribution is -2.51. The molecule has 2 aliphatic heterocycles. The van der Waals surface area contributed by atoms with Crippen LogP contribution in [0, 0.1) is 13.8 Å². The lowest BCUT2D eigenvalue weighted by atomic mass is 9.81. The number of fused-ring (bicyclic) bond motifs is 2. The number of nitrogens with one attached hydrogen (secondary N) is 1. The third kappa shape index (κ3) is 15.6. The molecule has 77 heavy (non-hydrogen) atoms. The number of likely N-dealkylation sites (N-methyl/N-ethyl adjacent to an activating group) is 1. The van der Waals surface area contributed by atoms with Crippen molar-refractivity contribution >= 4 is 41.8 Å². The van der Waals surface area contributed by atoms with Gasteiger partial charge in [-0.1, -0.05) is 62.8 Å². The van der Waals surface area contributed by atoms with Crippen molar-refractivity contribution in [2.75, 3.05) is 30.4 Å². The van der Waals surface area contributed by atoms with Gasteiger partial charge in [-0.3, -0.25) is 14.5 Å². The van der Waals surface area contributed by atoms with Crippen LogP contribution in [-0.2, 0) is 57.5 Å². The molecule has 4 aromatic rings. The summed E-state index contributed by atoms with van der Waals surface area (Å²) in [7, 11) is 1.42. The number of hydrogen-bond donors (Lipinski definition) is 1. The molecule has 10 nitrogen and oxygen atoms in total. The number of halogens is 7. The van der Waals surface area contributed by atoms with Crippen LogP contribution in [-0.4, -0.2) is 60.3 Å². The number of ether oxygens (including phenoxy) is 4. The van der Waals surface area contributed by atoms with Crippen molar-refractivity contribution in [2.45, 2.75) is 194 Å². The van der Waals surface area contributed by atoms with Gasteiger partial charge in [-0.2, -0.15) is 26.3 Å². The van der Waals surface area contributed by atoms with Gasteiger partial charge in [0, 0.05) is 31.5 Å². The second-order valence-electron chi connectivity index (χ2n) is 22.8. The molecule has 0 bridgehead atoms. The molecule has 8 rings (SSSR count). The third-order valence-electron chi connectivity index (χ3n) is 14.8. The molecule has 2 aliphatic carbocycles. The summed E-state index contributed by atoms with van der Waals surface area (Å²) in [6, 6.07) is 15.4. The molecular weight excluding hydrogens is 1020 g/mol. The summed E-state index contributed by atoms with van der Waals surface area (Å²) in [6.07, 6.45) is 0.876. The Morgan fingerprint density at radius 1 is 0.649 bits per heavy atom. The van der Waals surface area contributed by atoms with Crippen molar-refractivity contribution in [3.63, 3.8) is 0 Å². The fraction of sp³-hybridized carbons (Fsp3) is 0.550. The summed E-state index contributed by atoms with van der Waals surface area (Å²) in [6.45, 7) is 15.5. The quantitative estimate of drug-likeness (QED) is 0.110. The van der Waals surface area contributed by atoms with E-state index in [1.54, 1.807) is 82.8 Å². The molecule has 0 spiro atoms. The van der Waals surface area contributed by atoms with Crippen molar-refractivity contribution in [1.29, 1.82) is 0 Å². The van der Waals surface area contributed by atoms with Gasteiger partial charge in [-0.25, -0.2) is 4.79 Å². The first-order valence-corrected chi connectivity index (χ1v) is 26.8. The van der Waals surface area contributed by atoms with Crippen molar-refractivity contribution in [3.05, 3.63) is 116 Å². The number of nitrogens with zero attached hydrogens (tertiary/aromatic N) is 2. The fourth-order valence-electron chi connectivity index (χ4n) is 11.0. The fourth-order valence-corrected chi connectivity index (χ4v) is 11.0. The van der Waals surface area contributed by atoms with E-state index in [4.69, 9.17) is 18.9 Å². The Kier molecular flexibility index (Phi) is 19.7. The Balaban J connectivity index is 0.000000280. The van der Waals surface area contributed by atoms with Crippen LogP contribution in [0.15, 0.2) is 60.7 Å². The first-order valence-electron chi connectivity index (χ1n) is 26.8. The van der Waals surface area contributed by atoms with E-state index < -0.39 is 58.7 Å². The maximum atomic E-state index is 14.1. The number of anilines is 2. The smallest absolute Gasteiger partial charge is 0.416 e. The molecule has 0 radical (unpaired) electrons. The average Bonchev–Trinajstić information content (AvgIpc) is 4.03. The number of esters is 1. The molecule has 2 saturated carbocycles. The van der Waals surface area contributed by atoms with Gasteiger partial charge in [-0.05, 0) is 187 Å². The average molecular weight is 1100 g/mol. The van der Waals surface area contributed by atoms with E-state index in [1.165, 1.54) is 24.7 Å². The van der Waals surface area contributed by atoms with E-state index in [1.807, 2.05) is 26.0 Å². The molecule has 0 aromatic heterocycles. The second kappa shape index (κ2) is 25.0. The molecule has 422 valence electrons. The largest absolute Gasteiger partial charge is 0.489 e. The molecule has 2 fully saturated rings. The Labute approximate surface area is 456 Å². The highest BCUT2D eigenvalue weighted by molar-refractivity contribution is 6.02. The van der Waals surface area contributed by atoms with Crippen molar-refractivity contribution < 1.29 is 59.7 Å². The summed E-state index contributed by atoms with van der Waals surface area (Å²) < 4.78 is 106. The molecule has 2 heterocycles. The van der Waals surface area contributed by atoms with Gasteiger partial charge in [0.05, 0.1) is 17.5 Å². The van der Waals surface area contributed by atoms with Crippen molar-refractivity contribution in [1.82, 2.24) is 4.90 Å². The SMILES string of the molecule is Cc1c(OCc2ccc(C3CCCCC3)c(C(F)(F)F)c2)ccc2c1CCN2.Cc1c(OCc2ccc(C3CCCCC3)c(C(F)(F)F)c2)ccc2c1CCN2C(=O)[C@H](CC(=O)OC(C)(C)C)N(C)C(=O)OC(C)(C)C.Cl. The van der Waals surface area contributed by atoms with Gasteiger partial charge in [0.25, 0.3) is 5.91 Å². The van der Waals surface area contributed by atoms with Gasteiger partial charge in [-0.15, -0.1) is 12.4 Å².